The zero-order valence-electron chi connectivity index (χ0n) is 10.6. The van der Waals surface area contributed by atoms with Crippen LogP contribution in [0.5, 0.6) is 0 Å². The predicted molar refractivity (Wildman–Crippen MR) is 69.4 cm³/mol. The molecule has 1 aromatic heterocycles. The monoisotopic (exact) mass is 250 g/mol. The van der Waals surface area contributed by atoms with Gasteiger partial charge in [0.2, 0.25) is 5.91 Å². The fraction of sp³-hybridized carbons (Fsp3) is 0.417. The van der Waals surface area contributed by atoms with E-state index < -0.39 is 0 Å². The topological polar surface area (TPSA) is 83.1 Å². The van der Waals surface area contributed by atoms with Crippen molar-refractivity contribution < 1.29 is 9.59 Å². The number of aromatic nitrogens is 1. The fourth-order valence-electron chi connectivity index (χ4n) is 1.27. The van der Waals surface area contributed by atoms with Crippen LogP contribution in [0.15, 0.2) is 18.3 Å². The molecule has 0 radical (unpaired) electrons. The maximum absolute atomic E-state index is 11.7. The summed E-state index contributed by atoms with van der Waals surface area (Å²) >= 11 is 0. The molecule has 6 nitrogen and oxygen atoms in total. The molecule has 0 aliphatic heterocycles. The van der Waals surface area contributed by atoms with Gasteiger partial charge in [-0.2, -0.15) is 0 Å². The third kappa shape index (κ3) is 4.40. The highest BCUT2D eigenvalue weighted by molar-refractivity contribution is 5.96. The lowest BCUT2D eigenvalue weighted by Gasteiger charge is -2.06. The zero-order valence-corrected chi connectivity index (χ0v) is 10.6. The van der Waals surface area contributed by atoms with Crippen LogP contribution < -0.4 is 16.0 Å². The molecule has 0 atom stereocenters. The average molecular weight is 250 g/mol. The number of nitrogens with zero attached hydrogens (tertiary/aromatic N) is 1. The van der Waals surface area contributed by atoms with Gasteiger partial charge in [-0.3, -0.25) is 9.59 Å². The lowest BCUT2D eigenvalue weighted by atomic mass is 10.2. The number of anilines is 1. The Morgan fingerprint density at radius 2 is 2.06 bits per heavy atom. The highest BCUT2D eigenvalue weighted by Gasteiger charge is 2.07. The van der Waals surface area contributed by atoms with Crippen molar-refractivity contribution in [2.75, 3.05) is 25.5 Å². The molecule has 1 heterocycles. The molecule has 98 valence electrons. The minimum absolute atomic E-state index is 0.0212. The summed E-state index contributed by atoms with van der Waals surface area (Å²) in [5.74, 6) is 0.189. The Kier molecular flexibility index (Phi) is 5.63. The van der Waals surface area contributed by atoms with E-state index in [2.05, 4.69) is 20.9 Å². The van der Waals surface area contributed by atoms with Crippen LogP contribution in [0, 0.1) is 0 Å². The first-order valence-electron chi connectivity index (χ1n) is 5.86. The highest BCUT2D eigenvalue weighted by atomic mass is 16.2. The van der Waals surface area contributed by atoms with Crippen LogP contribution >= 0.6 is 0 Å². The van der Waals surface area contributed by atoms with Gasteiger partial charge in [-0.05, 0) is 18.6 Å². The van der Waals surface area contributed by atoms with Gasteiger partial charge in [0.1, 0.15) is 5.82 Å². The standard InChI is InChI=1S/C12H18N4O2/c1-3-6-14-11(17)8-16-12(18)9-4-5-10(13-2)15-7-9/h4-5,7H,3,6,8H2,1-2H3,(H,13,15)(H,14,17)(H,16,18). The number of carbonyl (C=O) groups excluding carboxylic acids is 2. The van der Waals surface area contributed by atoms with E-state index in [-0.39, 0.29) is 18.4 Å². The number of carbonyl (C=O) groups is 2. The minimum Gasteiger partial charge on any atom is -0.373 e. The van der Waals surface area contributed by atoms with Crippen molar-refractivity contribution in [3.63, 3.8) is 0 Å². The van der Waals surface area contributed by atoms with Gasteiger partial charge in [-0.1, -0.05) is 6.92 Å². The summed E-state index contributed by atoms with van der Waals surface area (Å²) in [5.41, 5.74) is 0.428. The van der Waals surface area contributed by atoms with Crippen molar-refractivity contribution >= 4 is 17.6 Å². The van der Waals surface area contributed by atoms with Gasteiger partial charge in [0, 0.05) is 19.8 Å². The van der Waals surface area contributed by atoms with E-state index in [9.17, 15) is 9.59 Å². The van der Waals surface area contributed by atoms with E-state index in [0.717, 1.165) is 6.42 Å². The van der Waals surface area contributed by atoms with E-state index in [4.69, 9.17) is 0 Å². The normalized spacial score (nSPS) is 9.67. The number of nitrogens with one attached hydrogen (secondary N) is 3. The number of hydrogen-bond acceptors (Lipinski definition) is 4. The predicted octanol–water partition coefficient (Wildman–Crippen LogP) is 0.379. The second-order valence-electron chi connectivity index (χ2n) is 3.71. The molecule has 0 saturated carbocycles. The van der Waals surface area contributed by atoms with Crippen molar-refractivity contribution in [3.05, 3.63) is 23.9 Å². The largest absolute Gasteiger partial charge is 0.373 e. The van der Waals surface area contributed by atoms with Crippen molar-refractivity contribution in [1.82, 2.24) is 15.6 Å². The third-order valence-electron chi connectivity index (χ3n) is 2.26. The summed E-state index contributed by atoms with van der Waals surface area (Å²) in [6.45, 7) is 2.56. The van der Waals surface area contributed by atoms with Gasteiger partial charge in [0.15, 0.2) is 0 Å². The summed E-state index contributed by atoms with van der Waals surface area (Å²) in [6, 6.07) is 3.35. The molecule has 0 bridgehead atoms. The molecule has 1 rings (SSSR count). The Hall–Kier alpha value is -2.11. The maximum Gasteiger partial charge on any atom is 0.253 e. The zero-order chi connectivity index (χ0) is 13.4. The highest BCUT2D eigenvalue weighted by Crippen LogP contribution is 2.03. The summed E-state index contributed by atoms with van der Waals surface area (Å²) in [6.07, 6.45) is 2.33. The Bertz CT molecular complexity index is 403. The van der Waals surface area contributed by atoms with E-state index in [0.29, 0.717) is 17.9 Å². The van der Waals surface area contributed by atoms with Crippen LogP contribution in [0.1, 0.15) is 23.7 Å². The molecule has 6 heteroatoms. The molecule has 0 aliphatic rings. The van der Waals surface area contributed by atoms with Crippen LogP contribution in [0.2, 0.25) is 0 Å². The van der Waals surface area contributed by atoms with Gasteiger partial charge in [0.25, 0.3) is 5.91 Å². The van der Waals surface area contributed by atoms with Crippen LogP contribution in [-0.4, -0.2) is 36.9 Å². The smallest absolute Gasteiger partial charge is 0.253 e. The number of rotatable bonds is 6. The minimum atomic E-state index is -0.309. The van der Waals surface area contributed by atoms with Gasteiger partial charge in [0.05, 0.1) is 12.1 Å². The second kappa shape index (κ2) is 7.26. The molecule has 0 aromatic carbocycles. The van der Waals surface area contributed by atoms with Crippen molar-refractivity contribution in [2.24, 2.45) is 0 Å². The van der Waals surface area contributed by atoms with E-state index >= 15 is 0 Å². The van der Waals surface area contributed by atoms with Crippen molar-refractivity contribution in [2.45, 2.75) is 13.3 Å². The average Bonchev–Trinajstić information content (AvgIpc) is 2.42. The summed E-state index contributed by atoms with van der Waals surface area (Å²) < 4.78 is 0. The molecule has 0 saturated heterocycles. The number of amides is 2. The second-order valence-corrected chi connectivity index (χ2v) is 3.71. The summed E-state index contributed by atoms with van der Waals surface area (Å²) in [4.78, 5) is 27.0. The van der Waals surface area contributed by atoms with Crippen LogP contribution in [-0.2, 0) is 4.79 Å². The quantitative estimate of drug-likeness (QED) is 0.681. The molecule has 1 aromatic rings. The van der Waals surface area contributed by atoms with E-state index in [1.807, 2.05) is 6.92 Å². The lowest BCUT2D eigenvalue weighted by molar-refractivity contribution is -0.120. The van der Waals surface area contributed by atoms with Crippen molar-refractivity contribution in [1.29, 1.82) is 0 Å². The molecule has 0 fully saturated rings. The summed E-state index contributed by atoms with van der Waals surface area (Å²) in [7, 11) is 1.75. The number of pyridine rings is 1. The third-order valence-corrected chi connectivity index (χ3v) is 2.26. The van der Waals surface area contributed by atoms with Gasteiger partial charge in [-0.25, -0.2) is 4.98 Å². The first-order chi connectivity index (χ1) is 8.67. The van der Waals surface area contributed by atoms with Gasteiger partial charge >= 0.3 is 0 Å². The molecule has 0 aliphatic carbocycles. The summed E-state index contributed by atoms with van der Waals surface area (Å²) in [5, 5.41) is 8.07. The van der Waals surface area contributed by atoms with Crippen LogP contribution in [0.25, 0.3) is 0 Å². The Labute approximate surface area is 106 Å². The Morgan fingerprint density at radius 1 is 1.28 bits per heavy atom. The van der Waals surface area contributed by atoms with Crippen molar-refractivity contribution in [3.8, 4) is 0 Å². The van der Waals surface area contributed by atoms with Crippen LogP contribution in [0.4, 0.5) is 5.82 Å². The van der Waals surface area contributed by atoms with E-state index in [1.54, 1.807) is 19.2 Å². The van der Waals surface area contributed by atoms with Gasteiger partial charge in [-0.15, -0.1) is 0 Å². The molecule has 2 amide bonds. The SMILES string of the molecule is CCCNC(=O)CNC(=O)c1ccc(NC)nc1. The molecular formula is C12H18N4O2. The fourth-order valence-corrected chi connectivity index (χ4v) is 1.27. The van der Waals surface area contributed by atoms with E-state index in [1.165, 1.54) is 6.20 Å². The molecular weight excluding hydrogens is 232 g/mol. The molecule has 0 unspecified atom stereocenters. The maximum atomic E-state index is 11.7. The first kappa shape index (κ1) is 14.0. The Balaban J connectivity index is 2.42. The molecule has 18 heavy (non-hydrogen) atoms. The number of hydrogen-bond donors (Lipinski definition) is 3. The first-order valence-corrected chi connectivity index (χ1v) is 5.86. The Morgan fingerprint density at radius 3 is 2.61 bits per heavy atom. The molecule has 0 spiro atoms. The molecule has 3 N–H and O–H groups in total. The van der Waals surface area contributed by atoms with Crippen LogP contribution in [0.3, 0.4) is 0 Å². The van der Waals surface area contributed by atoms with Gasteiger partial charge < -0.3 is 16.0 Å². The lowest BCUT2D eigenvalue weighted by Crippen LogP contribution is -2.37.